The van der Waals surface area contributed by atoms with Gasteiger partial charge in [-0.05, 0) is 6.92 Å². The number of nitrogen functional groups attached to an aromatic ring is 1. The molecule has 1 aromatic rings. The minimum absolute atomic E-state index is 0.0318. The number of hydrogen-bond acceptors (Lipinski definition) is 4. The van der Waals surface area contributed by atoms with Crippen LogP contribution in [0, 0.1) is 6.92 Å². The topological polar surface area (TPSA) is 101 Å². The molecule has 0 saturated carbocycles. The molecule has 1 amide bonds. The maximum absolute atomic E-state index is 11.3. The number of nitrogens with zero attached hydrogens (tertiary/aromatic N) is 1. The number of anilines is 2. The first-order chi connectivity index (χ1) is 6.54. The largest absolute Gasteiger partial charge is 0.369 e. The molecule has 0 radical (unpaired) electrons. The van der Waals surface area contributed by atoms with E-state index in [1.54, 1.807) is 6.92 Å². The number of aromatic amines is 1. The van der Waals surface area contributed by atoms with Gasteiger partial charge in [0.2, 0.25) is 11.9 Å². The number of H-pyrrole nitrogens is 1. The van der Waals surface area contributed by atoms with Crippen LogP contribution in [0.25, 0.3) is 0 Å². The SMILES string of the molecule is Cc1nc(N)[nH]c(=O)c1NC(=O)CBr. The quantitative estimate of drug-likeness (QED) is 0.652. The number of aryl methyl sites for hydroxylation is 1. The van der Waals surface area contributed by atoms with Gasteiger partial charge in [0.1, 0.15) is 5.69 Å². The van der Waals surface area contributed by atoms with Crippen LogP contribution < -0.4 is 16.6 Å². The second kappa shape index (κ2) is 4.23. The Kier molecular flexibility index (Phi) is 3.23. The smallest absolute Gasteiger partial charge is 0.276 e. The lowest BCUT2D eigenvalue weighted by molar-refractivity contribution is -0.113. The van der Waals surface area contributed by atoms with E-state index in [4.69, 9.17) is 5.73 Å². The Balaban J connectivity index is 3.09. The van der Waals surface area contributed by atoms with Gasteiger partial charge in [0.05, 0.1) is 11.0 Å². The fourth-order valence-electron chi connectivity index (χ4n) is 0.928. The Morgan fingerprint density at radius 1 is 1.71 bits per heavy atom. The van der Waals surface area contributed by atoms with Gasteiger partial charge in [-0.25, -0.2) is 4.98 Å². The second-order valence-electron chi connectivity index (χ2n) is 2.59. The molecule has 1 rings (SSSR count). The van der Waals surface area contributed by atoms with E-state index in [-0.39, 0.29) is 22.9 Å². The van der Waals surface area contributed by atoms with Crippen molar-refractivity contribution in [2.75, 3.05) is 16.4 Å². The van der Waals surface area contributed by atoms with E-state index in [1.165, 1.54) is 0 Å². The van der Waals surface area contributed by atoms with Crippen molar-refractivity contribution in [1.29, 1.82) is 0 Å². The third-order valence-electron chi connectivity index (χ3n) is 1.50. The molecule has 1 heterocycles. The van der Waals surface area contributed by atoms with E-state index in [2.05, 4.69) is 31.2 Å². The Hall–Kier alpha value is -1.37. The van der Waals surface area contributed by atoms with E-state index < -0.39 is 5.56 Å². The first-order valence-electron chi connectivity index (χ1n) is 3.76. The summed E-state index contributed by atoms with van der Waals surface area (Å²) in [5.41, 5.74) is 5.37. The van der Waals surface area contributed by atoms with Crippen LogP contribution in [0.3, 0.4) is 0 Å². The highest BCUT2D eigenvalue weighted by atomic mass is 79.9. The van der Waals surface area contributed by atoms with Gasteiger partial charge in [0.25, 0.3) is 5.56 Å². The molecule has 0 aromatic carbocycles. The molecule has 14 heavy (non-hydrogen) atoms. The lowest BCUT2D eigenvalue weighted by Gasteiger charge is -2.05. The molecule has 0 spiro atoms. The van der Waals surface area contributed by atoms with Crippen molar-refractivity contribution in [3.63, 3.8) is 0 Å². The van der Waals surface area contributed by atoms with Crippen molar-refractivity contribution in [3.05, 3.63) is 16.0 Å². The zero-order valence-electron chi connectivity index (χ0n) is 7.43. The number of aromatic nitrogens is 2. The minimum Gasteiger partial charge on any atom is -0.369 e. The van der Waals surface area contributed by atoms with Crippen molar-refractivity contribution in [2.45, 2.75) is 6.92 Å². The Labute approximate surface area is 88.0 Å². The first-order valence-corrected chi connectivity index (χ1v) is 4.89. The lowest BCUT2D eigenvalue weighted by atomic mass is 10.3. The van der Waals surface area contributed by atoms with Gasteiger partial charge in [0, 0.05) is 0 Å². The summed E-state index contributed by atoms with van der Waals surface area (Å²) in [5.74, 6) is -0.283. The van der Waals surface area contributed by atoms with E-state index in [0.717, 1.165) is 0 Å². The summed E-state index contributed by atoms with van der Waals surface area (Å²) >= 11 is 2.97. The zero-order chi connectivity index (χ0) is 10.7. The molecule has 1 aromatic heterocycles. The predicted molar refractivity (Wildman–Crippen MR) is 56.4 cm³/mol. The molecule has 0 bridgehead atoms. The lowest BCUT2D eigenvalue weighted by Crippen LogP contribution is -2.23. The van der Waals surface area contributed by atoms with Crippen molar-refractivity contribution in [2.24, 2.45) is 0 Å². The van der Waals surface area contributed by atoms with Crippen molar-refractivity contribution in [3.8, 4) is 0 Å². The number of carbonyl (C=O) groups is 1. The standard InChI is InChI=1S/C7H9BrN4O2/c1-3-5(11-4(13)2-8)6(14)12-7(9)10-3/h2H2,1H3,(H,11,13)(H3,9,10,12,14). The molecular formula is C7H9BrN4O2. The summed E-state index contributed by atoms with van der Waals surface area (Å²) in [5, 5.41) is 2.53. The van der Waals surface area contributed by atoms with Gasteiger partial charge in [-0.1, -0.05) is 15.9 Å². The second-order valence-corrected chi connectivity index (χ2v) is 3.15. The minimum atomic E-state index is -0.454. The molecule has 6 nitrogen and oxygen atoms in total. The summed E-state index contributed by atoms with van der Waals surface area (Å²) in [4.78, 5) is 28.4. The molecule has 4 N–H and O–H groups in total. The summed E-state index contributed by atoms with van der Waals surface area (Å²) in [7, 11) is 0. The summed E-state index contributed by atoms with van der Waals surface area (Å²) < 4.78 is 0. The third kappa shape index (κ3) is 2.32. The molecule has 76 valence electrons. The van der Waals surface area contributed by atoms with E-state index >= 15 is 0 Å². The number of rotatable bonds is 2. The summed E-state index contributed by atoms with van der Waals surface area (Å²) in [6, 6.07) is 0. The maximum atomic E-state index is 11.3. The van der Waals surface area contributed by atoms with Crippen LogP contribution in [-0.2, 0) is 4.79 Å². The normalized spacial score (nSPS) is 9.86. The predicted octanol–water partition coefficient (Wildman–Crippen LogP) is -0.00608. The average molecular weight is 261 g/mol. The van der Waals surface area contributed by atoms with Crippen LogP contribution in [0.4, 0.5) is 11.6 Å². The molecule has 0 aliphatic heterocycles. The zero-order valence-corrected chi connectivity index (χ0v) is 9.01. The van der Waals surface area contributed by atoms with Crippen LogP contribution in [0.15, 0.2) is 4.79 Å². The molecule has 0 aliphatic rings. The average Bonchev–Trinajstić information content (AvgIpc) is 2.10. The van der Waals surface area contributed by atoms with Gasteiger partial charge >= 0.3 is 0 Å². The Morgan fingerprint density at radius 3 is 2.86 bits per heavy atom. The van der Waals surface area contributed by atoms with E-state index in [1.807, 2.05) is 0 Å². The third-order valence-corrected chi connectivity index (χ3v) is 2.01. The number of halogens is 1. The van der Waals surface area contributed by atoms with Crippen molar-refractivity contribution < 1.29 is 4.79 Å². The monoisotopic (exact) mass is 260 g/mol. The van der Waals surface area contributed by atoms with Gasteiger partial charge < -0.3 is 11.1 Å². The van der Waals surface area contributed by atoms with Crippen LogP contribution in [0.2, 0.25) is 0 Å². The van der Waals surface area contributed by atoms with Crippen LogP contribution in [0.1, 0.15) is 5.69 Å². The highest BCUT2D eigenvalue weighted by Crippen LogP contribution is 2.05. The number of hydrogen-bond donors (Lipinski definition) is 3. The molecule has 7 heteroatoms. The fraction of sp³-hybridized carbons (Fsp3) is 0.286. The highest BCUT2D eigenvalue weighted by Gasteiger charge is 2.09. The van der Waals surface area contributed by atoms with Crippen molar-refractivity contribution >= 4 is 33.5 Å². The number of nitrogens with one attached hydrogen (secondary N) is 2. The molecule has 0 fully saturated rings. The number of nitrogens with two attached hydrogens (primary N) is 1. The first kappa shape index (κ1) is 10.7. The fourth-order valence-corrected chi connectivity index (χ4v) is 1.07. The van der Waals surface area contributed by atoms with Gasteiger partial charge in [-0.15, -0.1) is 0 Å². The van der Waals surface area contributed by atoms with Gasteiger partial charge in [-0.2, -0.15) is 0 Å². The van der Waals surface area contributed by atoms with E-state index in [0.29, 0.717) is 5.69 Å². The Bertz CT molecular complexity index is 415. The molecular weight excluding hydrogens is 252 g/mol. The maximum Gasteiger partial charge on any atom is 0.276 e. The summed E-state index contributed by atoms with van der Waals surface area (Å²) in [6.07, 6.45) is 0. The molecule has 0 aliphatic carbocycles. The highest BCUT2D eigenvalue weighted by molar-refractivity contribution is 9.09. The van der Waals surface area contributed by atoms with Crippen LogP contribution in [-0.4, -0.2) is 21.2 Å². The van der Waals surface area contributed by atoms with Gasteiger partial charge in [0.15, 0.2) is 0 Å². The van der Waals surface area contributed by atoms with Crippen molar-refractivity contribution in [1.82, 2.24) is 9.97 Å². The van der Waals surface area contributed by atoms with Crippen LogP contribution in [0.5, 0.6) is 0 Å². The number of alkyl halides is 1. The summed E-state index contributed by atoms with van der Waals surface area (Å²) in [6.45, 7) is 1.59. The Morgan fingerprint density at radius 2 is 2.36 bits per heavy atom. The van der Waals surface area contributed by atoms with E-state index in [9.17, 15) is 9.59 Å². The number of carbonyl (C=O) groups excluding carboxylic acids is 1. The molecule has 0 saturated heterocycles. The van der Waals surface area contributed by atoms with Gasteiger partial charge in [-0.3, -0.25) is 14.6 Å². The molecule has 0 unspecified atom stereocenters. The van der Waals surface area contributed by atoms with Crippen LogP contribution >= 0.6 is 15.9 Å². The number of amides is 1. The molecule has 0 atom stereocenters.